The van der Waals surface area contributed by atoms with Gasteiger partial charge in [-0.15, -0.1) is 6.42 Å². The fourth-order valence-corrected chi connectivity index (χ4v) is 6.16. The van der Waals surface area contributed by atoms with Gasteiger partial charge in [0.05, 0.1) is 6.57 Å². The summed E-state index contributed by atoms with van der Waals surface area (Å²) in [5.41, 5.74) is 3.63. The fraction of sp³-hybridized carbons (Fsp3) is 0.0652. The van der Waals surface area contributed by atoms with Crippen LogP contribution in [0.2, 0.25) is 0 Å². The highest BCUT2D eigenvalue weighted by molar-refractivity contribution is 6.11. The summed E-state index contributed by atoms with van der Waals surface area (Å²) in [6, 6.07) is 45.9. The van der Waals surface area contributed by atoms with Crippen molar-refractivity contribution < 1.29 is 19.2 Å². The number of hydrogen-bond acceptors (Lipinski definition) is 4. The molecule has 1 atom stereocenters. The van der Waals surface area contributed by atoms with Crippen molar-refractivity contribution in [1.29, 1.82) is 0 Å². The summed E-state index contributed by atoms with van der Waals surface area (Å²) >= 11 is 0. The third-order valence-electron chi connectivity index (χ3n) is 8.95. The Bertz CT molecular complexity index is 2250. The number of nitrogens with zero attached hydrogens (tertiary/aromatic N) is 1. The molecule has 0 saturated heterocycles. The van der Waals surface area contributed by atoms with Crippen LogP contribution in [0.5, 0.6) is 0 Å². The molecule has 8 heteroatoms. The average Bonchev–Trinajstić information content (AvgIpc) is 3.23. The van der Waals surface area contributed by atoms with Gasteiger partial charge >= 0.3 is 0 Å². The van der Waals surface area contributed by atoms with E-state index in [1.807, 2.05) is 91.0 Å². The van der Waals surface area contributed by atoms with Crippen LogP contribution in [0.15, 0.2) is 164 Å². The van der Waals surface area contributed by atoms with Crippen molar-refractivity contribution in [2.45, 2.75) is 18.0 Å². The molecular formula is C46H34N4O4. The average molecular weight is 707 g/mol. The number of benzene rings is 6. The summed E-state index contributed by atoms with van der Waals surface area (Å²) in [6.07, 6.45) is 5.37. The van der Waals surface area contributed by atoms with E-state index >= 15 is 0 Å². The highest BCUT2D eigenvalue weighted by Crippen LogP contribution is 2.37. The van der Waals surface area contributed by atoms with E-state index in [1.165, 1.54) is 12.1 Å². The zero-order valence-electron chi connectivity index (χ0n) is 29.0. The summed E-state index contributed by atoms with van der Waals surface area (Å²) in [6.45, 7) is 7.10. The summed E-state index contributed by atoms with van der Waals surface area (Å²) in [4.78, 5) is 58.8. The number of amides is 3. The van der Waals surface area contributed by atoms with Gasteiger partial charge in [0.15, 0.2) is 17.5 Å². The third kappa shape index (κ3) is 8.15. The van der Waals surface area contributed by atoms with Crippen molar-refractivity contribution in [2.75, 3.05) is 5.32 Å². The number of terminal acetylenes is 1. The number of nitrogens with one attached hydrogen (secondary N) is 3. The van der Waals surface area contributed by atoms with E-state index in [4.69, 9.17) is 13.0 Å². The minimum atomic E-state index is -1.60. The molecule has 0 aliphatic rings. The topological polar surface area (TPSA) is 109 Å². The van der Waals surface area contributed by atoms with Crippen molar-refractivity contribution in [3.63, 3.8) is 0 Å². The van der Waals surface area contributed by atoms with E-state index in [0.717, 1.165) is 16.7 Å². The first-order chi connectivity index (χ1) is 26.3. The molecule has 0 bridgehead atoms. The van der Waals surface area contributed by atoms with Gasteiger partial charge in [0.25, 0.3) is 17.7 Å². The van der Waals surface area contributed by atoms with Gasteiger partial charge in [-0.1, -0.05) is 133 Å². The Morgan fingerprint density at radius 1 is 0.630 bits per heavy atom. The lowest BCUT2D eigenvalue weighted by Gasteiger charge is -2.38. The molecule has 0 spiro atoms. The quantitative estimate of drug-likeness (QED) is 0.0531. The Morgan fingerprint density at radius 2 is 1.11 bits per heavy atom. The lowest BCUT2D eigenvalue weighted by atomic mass is 9.76. The Balaban J connectivity index is 1.32. The lowest BCUT2D eigenvalue weighted by molar-refractivity contribution is -0.131. The first kappa shape index (κ1) is 36.2. The number of rotatable bonds is 12. The van der Waals surface area contributed by atoms with E-state index in [0.29, 0.717) is 28.1 Å². The van der Waals surface area contributed by atoms with Crippen LogP contribution in [0.3, 0.4) is 0 Å². The summed E-state index contributed by atoms with van der Waals surface area (Å²) in [5.74, 6) is 0.254. The molecule has 262 valence electrons. The Kier molecular flexibility index (Phi) is 11.2. The minimum Gasteiger partial charge on any atom is -0.336 e. The smallest absolute Gasteiger partial charge is 0.255 e. The summed E-state index contributed by atoms with van der Waals surface area (Å²) in [5, 5.41) is 8.68. The van der Waals surface area contributed by atoms with Crippen LogP contribution in [0.1, 0.15) is 48.5 Å². The molecule has 0 radical (unpaired) electrons. The second kappa shape index (κ2) is 16.6. The van der Waals surface area contributed by atoms with Crippen LogP contribution >= 0.6 is 0 Å². The molecule has 0 saturated carbocycles. The molecule has 3 amide bonds. The van der Waals surface area contributed by atoms with Gasteiger partial charge in [-0.3, -0.25) is 19.2 Å². The summed E-state index contributed by atoms with van der Waals surface area (Å²) in [7, 11) is 0. The van der Waals surface area contributed by atoms with Crippen molar-refractivity contribution in [3.05, 3.63) is 214 Å². The van der Waals surface area contributed by atoms with Crippen LogP contribution in [-0.4, -0.2) is 29.5 Å². The third-order valence-corrected chi connectivity index (χ3v) is 8.95. The first-order valence-corrected chi connectivity index (χ1v) is 17.1. The number of ketones is 1. The van der Waals surface area contributed by atoms with Gasteiger partial charge < -0.3 is 16.0 Å². The zero-order valence-corrected chi connectivity index (χ0v) is 29.0. The van der Waals surface area contributed by atoms with Crippen LogP contribution < -0.4 is 16.0 Å². The predicted octanol–water partition coefficient (Wildman–Crippen LogP) is 7.49. The van der Waals surface area contributed by atoms with Crippen molar-refractivity contribution in [3.8, 4) is 12.3 Å². The normalized spacial score (nSPS) is 11.2. The van der Waals surface area contributed by atoms with E-state index in [2.05, 4.69) is 26.7 Å². The van der Waals surface area contributed by atoms with Crippen LogP contribution in [0.25, 0.3) is 4.85 Å². The molecule has 3 N–H and O–H groups in total. The Morgan fingerprint density at radius 3 is 1.59 bits per heavy atom. The fourth-order valence-electron chi connectivity index (χ4n) is 6.16. The van der Waals surface area contributed by atoms with Crippen molar-refractivity contribution in [2.24, 2.45) is 0 Å². The number of carbonyl (C=O) groups excluding carboxylic acids is 4. The Labute approximate surface area is 313 Å². The maximum atomic E-state index is 14.7. The molecule has 6 aromatic carbocycles. The first-order valence-electron chi connectivity index (χ1n) is 17.1. The van der Waals surface area contributed by atoms with E-state index in [9.17, 15) is 19.2 Å². The molecule has 0 fully saturated rings. The standard InChI is InChI=1S/C46H34N4O4/c1-3-32-19-21-33(22-20-32)31-41(51)42(49-44(53)35-25-29-40(30-26-35)48-43(52)34-23-27-39(47-2)28-24-34)45(54)50-46(36-13-7-4-8-14-36,37-15-9-5-10-16-37)38-17-11-6-12-18-38/h1,4-30,42H,31H2,(H,48,52)(H,49,53)(H,50,54)/t42-/m1/s1. The molecule has 0 unspecified atom stereocenters. The highest BCUT2D eigenvalue weighted by atomic mass is 16.2. The second-order valence-corrected chi connectivity index (χ2v) is 12.4. The number of Topliss-reactive ketones (excluding diaryl/α,β-unsaturated/α-hetero) is 1. The van der Waals surface area contributed by atoms with Crippen molar-refractivity contribution in [1.82, 2.24) is 10.6 Å². The largest absolute Gasteiger partial charge is 0.336 e. The second-order valence-electron chi connectivity index (χ2n) is 12.4. The predicted molar refractivity (Wildman–Crippen MR) is 209 cm³/mol. The van der Waals surface area contributed by atoms with E-state index in [1.54, 1.807) is 60.7 Å². The molecule has 0 aliphatic heterocycles. The van der Waals surface area contributed by atoms with Gasteiger partial charge in [0.2, 0.25) is 0 Å². The maximum absolute atomic E-state index is 14.7. The zero-order chi connectivity index (χ0) is 37.9. The van der Waals surface area contributed by atoms with Gasteiger partial charge in [-0.25, -0.2) is 4.85 Å². The van der Waals surface area contributed by atoms with Gasteiger partial charge in [0, 0.05) is 28.8 Å². The van der Waals surface area contributed by atoms with Gasteiger partial charge in [-0.2, -0.15) is 0 Å². The van der Waals surface area contributed by atoms with Crippen molar-refractivity contribution >= 4 is 34.9 Å². The number of anilines is 1. The maximum Gasteiger partial charge on any atom is 0.255 e. The monoisotopic (exact) mass is 706 g/mol. The van der Waals surface area contributed by atoms with Crippen LogP contribution in [-0.2, 0) is 21.5 Å². The molecule has 6 aromatic rings. The van der Waals surface area contributed by atoms with Crippen LogP contribution in [0, 0.1) is 18.9 Å². The summed E-state index contributed by atoms with van der Waals surface area (Å²) < 4.78 is 0. The number of hydrogen-bond donors (Lipinski definition) is 3. The molecule has 54 heavy (non-hydrogen) atoms. The molecular weight excluding hydrogens is 673 g/mol. The van der Waals surface area contributed by atoms with Crippen LogP contribution in [0.4, 0.5) is 11.4 Å². The molecule has 6 rings (SSSR count). The SMILES string of the molecule is [C-]#[N+]c1ccc(C(=O)Nc2ccc(C(=O)N[C@H](C(=O)Cc3ccc(C#C)cc3)C(=O)NC(c3ccccc3)(c3ccccc3)c3ccccc3)cc2)cc1. The molecule has 0 aromatic heterocycles. The minimum absolute atomic E-state index is 0.153. The van der Waals surface area contributed by atoms with Gasteiger partial charge in [0.1, 0.15) is 5.54 Å². The molecule has 8 nitrogen and oxygen atoms in total. The number of carbonyl (C=O) groups is 4. The van der Waals surface area contributed by atoms with Gasteiger partial charge in [-0.05, 0) is 58.7 Å². The Hall–Kier alpha value is -7.55. The van der Waals surface area contributed by atoms with E-state index < -0.39 is 29.2 Å². The molecule has 0 aliphatic carbocycles. The van der Waals surface area contributed by atoms with E-state index in [-0.39, 0.29) is 17.9 Å². The highest BCUT2D eigenvalue weighted by Gasteiger charge is 2.41. The lowest BCUT2D eigenvalue weighted by Crippen LogP contribution is -2.58. The molecule has 0 heterocycles.